The molecule has 0 unspecified atom stereocenters. The van der Waals surface area contributed by atoms with Crippen LogP contribution in [0.5, 0.6) is 0 Å². The molecule has 0 aromatic heterocycles. The van der Waals surface area contributed by atoms with Crippen molar-refractivity contribution in [3.63, 3.8) is 0 Å². The summed E-state index contributed by atoms with van der Waals surface area (Å²) in [6, 6.07) is 65.0. The summed E-state index contributed by atoms with van der Waals surface area (Å²) in [4.78, 5) is 2.46. The molecule has 9 aromatic carbocycles. The van der Waals surface area contributed by atoms with Crippen molar-refractivity contribution in [1.82, 2.24) is 0 Å². The molecule has 0 atom stereocenters. The van der Waals surface area contributed by atoms with Gasteiger partial charge in [-0.2, -0.15) is 0 Å². The van der Waals surface area contributed by atoms with Crippen LogP contribution in [0.2, 0.25) is 0 Å². The minimum atomic E-state index is -0.0437. The molecular formula is C49H35N. The Balaban J connectivity index is 1.27. The summed E-state index contributed by atoms with van der Waals surface area (Å²) < 4.78 is 0. The van der Waals surface area contributed by atoms with Gasteiger partial charge in [0.15, 0.2) is 0 Å². The van der Waals surface area contributed by atoms with Gasteiger partial charge >= 0.3 is 0 Å². The molecule has 10 rings (SSSR count). The lowest BCUT2D eigenvalue weighted by Crippen LogP contribution is -2.15. The van der Waals surface area contributed by atoms with Crippen LogP contribution in [0, 0.1) is 0 Å². The van der Waals surface area contributed by atoms with E-state index in [0.717, 1.165) is 11.4 Å². The lowest BCUT2D eigenvalue weighted by atomic mass is 9.82. The van der Waals surface area contributed by atoms with Crippen molar-refractivity contribution in [2.24, 2.45) is 0 Å². The van der Waals surface area contributed by atoms with Crippen molar-refractivity contribution in [3.05, 3.63) is 187 Å². The Morgan fingerprint density at radius 3 is 1.84 bits per heavy atom. The van der Waals surface area contributed by atoms with Gasteiger partial charge in [-0.1, -0.05) is 147 Å². The van der Waals surface area contributed by atoms with Gasteiger partial charge in [-0.15, -0.1) is 0 Å². The zero-order chi connectivity index (χ0) is 33.4. The Morgan fingerprint density at radius 1 is 0.380 bits per heavy atom. The quantitative estimate of drug-likeness (QED) is 0.174. The summed E-state index contributed by atoms with van der Waals surface area (Å²) in [5, 5.41) is 10.1. The zero-order valence-electron chi connectivity index (χ0n) is 28.2. The van der Waals surface area contributed by atoms with E-state index in [1.165, 1.54) is 82.2 Å². The SMILES string of the molecule is CC1(C)c2ccccc2-c2cc(N(c3ccccc3)c3cc4cc(-c5ccc6ccccc6c5)c5ccccc5c4c4ccccc34)ccc21. The van der Waals surface area contributed by atoms with Crippen LogP contribution in [-0.4, -0.2) is 0 Å². The van der Waals surface area contributed by atoms with Gasteiger partial charge in [0.05, 0.1) is 5.69 Å². The molecule has 0 radical (unpaired) electrons. The minimum Gasteiger partial charge on any atom is -0.310 e. The molecule has 1 heteroatoms. The second-order valence-electron chi connectivity index (χ2n) is 14.1. The summed E-state index contributed by atoms with van der Waals surface area (Å²) in [6.07, 6.45) is 0. The zero-order valence-corrected chi connectivity index (χ0v) is 28.2. The van der Waals surface area contributed by atoms with Crippen LogP contribution < -0.4 is 4.90 Å². The summed E-state index contributed by atoms with van der Waals surface area (Å²) in [5.74, 6) is 0. The van der Waals surface area contributed by atoms with Gasteiger partial charge < -0.3 is 4.90 Å². The number of anilines is 3. The lowest BCUT2D eigenvalue weighted by Gasteiger charge is -2.29. The first kappa shape index (κ1) is 28.8. The molecule has 236 valence electrons. The van der Waals surface area contributed by atoms with E-state index in [1.54, 1.807) is 0 Å². The van der Waals surface area contributed by atoms with E-state index in [0.29, 0.717) is 0 Å². The Labute approximate surface area is 292 Å². The summed E-state index contributed by atoms with van der Waals surface area (Å²) in [7, 11) is 0. The second kappa shape index (κ2) is 10.9. The van der Waals surface area contributed by atoms with Gasteiger partial charge in [-0.3, -0.25) is 0 Å². The van der Waals surface area contributed by atoms with Crippen LogP contribution in [-0.2, 0) is 5.41 Å². The maximum atomic E-state index is 2.46. The van der Waals surface area contributed by atoms with Gasteiger partial charge in [0, 0.05) is 22.2 Å². The lowest BCUT2D eigenvalue weighted by molar-refractivity contribution is 0.660. The van der Waals surface area contributed by atoms with Crippen LogP contribution in [0.3, 0.4) is 0 Å². The number of benzene rings is 9. The highest BCUT2D eigenvalue weighted by Crippen LogP contribution is 2.51. The summed E-state index contributed by atoms with van der Waals surface area (Å²) >= 11 is 0. The molecule has 0 spiro atoms. The van der Waals surface area contributed by atoms with Crippen LogP contribution in [0.15, 0.2) is 176 Å². The summed E-state index contributed by atoms with van der Waals surface area (Å²) in [5.41, 5.74) is 11.3. The largest absolute Gasteiger partial charge is 0.310 e. The average Bonchev–Trinajstić information content (AvgIpc) is 3.40. The van der Waals surface area contributed by atoms with Crippen LogP contribution in [0.1, 0.15) is 25.0 Å². The Kier molecular flexibility index (Phi) is 6.29. The molecule has 0 saturated heterocycles. The van der Waals surface area contributed by atoms with E-state index in [1.807, 2.05) is 0 Å². The third-order valence-corrected chi connectivity index (χ3v) is 11.0. The maximum Gasteiger partial charge on any atom is 0.0546 e. The number of hydrogen-bond acceptors (Lipinski definition) is 1. The first-order valence-corrected chi connectivity index (χ1v) is 17.5. The molecule has 0 bridgehead atoms. The van der Waals surface area contributed by atoms with E-state index in [-0.39, 0.29) is 5.41 Å². The van der Waals surface area contributed by atoms with E-state index >= 15 is 0 Å². The summed E-state index contributed by atoms with van der Waals surface area (Å²) in [6.45, 7) is 4.70. The predicted molar refractivity (Wildman–Crippen MR) is 214 cm³/mol. The maximum absolute atomic E-state index is 2.46. The second-order valence-corrected chi connectivity index (χ2v) is 14.1. The highest BCUT2D eigenvalue weighted by molar-refractivity contribution is 6.26. The number of fused-ring (bicyclic) bond motifs is 9. The van der Waals surface area contributed by atoms with Gasteiger partial charge in [-0.05, 0) is 114 Å². The third-order valence-electron chi connectivity index (χ3n) is 11.0. The standard InChI is InChI=1S/C49H35N/c1-49(2)45-23-13-12-19-39(45)44-31-37(26-27-46(44)49)50(36-16-4-3-5-17-36)47-30-35-29-43(34-25-24-32-14-6-7-15-33(32)28-34)38-18-8-10-21-41(38)48(35)42-22-11-9-20-40(42)47/h3-31H,1-2H3. The molecular weight excluding hydrogens is 603 g/mol. The number of hydrogen-bond donors (Lipinski definition) is 0. The minimum absolute atomic E-state index is 0.0437. The fourth-order valence-electron chi connectivity index (χ4n) is 8.59. The van der Waals surface area contributed by atoms with Gasteiger partial charge in [0.25, 0.3) is 0 Å². The first-order chi connectivity index (χ1) is 24.6. The topological polar surface area (TPSA) is 3.24 Å². The number of nitrogens with zero attached hydrogens (tertiary/aromatic N) is 1. The van der Waals surface area contributed by atoms with E-state index in [4.69, 9.17) is 0 Å². The fraction of sp³-hybridized carbons (Fsp3) is 0.0612. The van der Waals surface area contributed by atoms with Crippen LogP contribution in [0.25, 0.3) is 65.3 Å². The fourth-order valence-corrected chi connectivity index (χ4v) is 8.59. The van der Waals surface area contributed by atoms with Crippen molar-refractivity contribution >= 4 is 60.2 Å². The number of rotatable bonds is 4. The molecule has 0 saturated carbocycles. The molecule has 50 heavy (non-hydrogen) atoms. The van der Waals surface area contributed by atoms with Crippen molar-refractivity contribution in [3.8, 4) is 22.3 Å². The van der Waals surface area contributed by atoms with Gasteiger partial charge in [0.2, 0.25) is 0 Å². The predicted octanol–water partition coefficient (Wildman–Crippen LogP) is 13.7. The normalized spacial score (nSPS) is 13.2. The number of para-hydroxylation sites is 1. The molecule has 0 amide bonds. The highest BCUT2D eigenvalue weighted by atomic mass is 15.1. The van der Waals surface area contributed by atoms with Crippen molar-refractivity contribution in [1.29, 1.82) is 0 Å². The van der Waals surface area contributed by atoms with Crippen molar-refractivity contribution in [2.45, 2.75) is 19.3 Å². The molecule has 1 aliphatic carbocycles. The molecule has 0 heterocycles. The molecule has 1 aliphatic rings. The molecule has 0 fully saturated rings. The molecule has 0 aliphatic heterocycles. The van der Waals surface area contributed by atoms with Gasteiger partial charge in [-0.25, -0.2) is 0 Å². The third kappa shape index (κ3) is 4.27. The molecule has 0 N–H and O–H groups in total. The molecule has 1 nitrogen and oxygen atoms in total. The Hall–Kier alpha value is -6.18. The van der Waals surface area contributed by atoms with Crippen molar-refractivity contribution < 1.29 is 0 Å². The monoisotopic (exact) mass is 637 g/mol. The smallest absolute Gasteiger partial charge is 0.0546 e. The highest BCUT2D eigenvalue weighted by Gasteiger charge is 2.35. The van der Waals surface area contributed by atoms with Gasteiger partial charge in [0.1, 0.15) is 0 Å². The average molecular weight is 638 g/mol. The Morgan fingerprint density at radius 2 is 1.02 bits per heavy atom. The van der Waals surface area contributed by atoms with Crippen molar-refractivity contribution in [2.75, 3.05) is 4.90 Å². The van der Waals surface area contributed by atoms with Crippen LogP contribution >= 0.6 is 0 Å². The molecule has 9 aromatic rings. The van der Waals surface area contributed by atoms with E-state index < -0.39 is 0 Å². The van der Waals surface area contributed by atoms with Crippen LogP contribution in [0.4, 0.5) is 17.1 Å². The van der Waals surface area contributed by atoms with E-state index in [2.05, 4.69) is 195 Å². The van der Waals surface area contributed by atoms with E-state index in [9.17, 15) is 0 Å². The Bertz CT molecular complexity index is 2790. The first-order valence-electron chi connectivity index (χ1n) is 17.5.